The molecule has 0 aliphatic rings. The standard InChI is InChI=1S/C17H15N5OS/c1-10-8-11(2)22(21-10)13-6-4-12(5-7-13)15-14(9-18)16(23)20-17(19-15)24-3/h4-8H,1-3H3,(H,19,20,23). The molecule has 0 unspecified atom stereocenters. The van der Waals surface area contributed by atoms with Crippen LogP contribution in [0, 0.1) is 25.2 Å². The third-order valence-corrected chi connectivity index (χ3v) is 4.18. The summed E-state index contributed by atoms with van der Waals surface area (Å²) in [4.78, 5) is 19.0. The predicted molar refractivity (Wildman–Crippen MR) is 93.4 cm³/mol. The molecule has 2 heterocycles. The number of nitriles is 1. The van der Waals surface area contributed by atoms with Crippen LogP contribution >= 0.6 is 11.8 Å². The maximum Gasteiger partial charge on any atom is 0.270 e. The molecule has 1 aromatic carbocycles. The monoisotopic (exact) mass is 337 g/mol. The summed E-state index contributed by atoms with van der Waals surface area (Å²) in [5, 5.41) is 14.2. The molecular weight excluding hydrogens is 322 g/mol. The van der Waals surface area contributed by atoms with Gasteiger partial charge in [-0.2, -0.15) is 10.4 Å². The van der Waals surface area contributed by atoms with Gasteiger partial charge in [0.2, 0.25) is 0 Å². The topological polar surface area (TPSA) is 87.4 Å². The molecule has 7 heteroatoms. The largest absolute Gasteiger partial charge is 0.300 e. The van der Waals surface area contributed by atoms with Crippen molar-refractivity contribution in [2.75, 3.05) is 6.26 Å². The van der Waals surface area contributed by atoms with Crippen molar-refractivity contribution in [3.63, 3.8) is 0 Å². The number of hydrogen-bond donors (Lipinski definition) is 1. The third kappa shape index (κ3) is 2.84. The van der Waals surface area contributed by atoms with E-state index in [1.807, 2.05) is 61.2 Å². The molecule has 0 fully saturated rings. The highest BCUT2D eigenvalue weighted by Crippen LogP contribution is 2.23. The van der Waals surface area contributed by atoms with Crippen molar-refractivity contribution in [2.24, 2.45) is 0 Å². The van der Waals surface area contributed by atoms with Gasteiger partial charge in [-0.3, -0.25) is 4.79 Å². The number of aromatic nitrogens is 4. The molecule has 0 saturated heterocycles. The van der Waals surface area contributed by atoms with Crippen molar-refractivity contribution in [1.29, 1.82) is 5.26 Å². The fraction of sp³-hybridized carbons (Fsp3) is 0.176. The van der Waals surface area contributed by atoms with Gasteiger partial charge >= 0.3 is 0 Å². The lowest BCUT2D eigenvalue weighted by Crippen LogP contribution is -2.14. The lowest BCUT2D eigenvalue weighted by Gasteiger charge is -2.08. The van der Waals surface area contributed by atoms with E-state index in [9.17, 15) is 10.1 Å². The molecule has 0 radical (unpaired) electrons. The zero-order valence-corrected chi connectivity index (χ0v) is 14.3. The van der Waals surface area contributed by atoms with Crippen LogP contribution in [0.25, 0.3) is 16.9 Å². The first kappa shape index (κ1) is 16.0. The fourth-order valence-electron chi connectivity index (χ4n) is 2.51. The third-order valence-electron chi connectivity index (χ3n) is 3.60. The van der Waals surface area contributed by atoms with Crippen LogP contribution < -0.4 is 5.56 Å². The van der Waals surface area contributed by atoms with Crippen molar-refractivity contribution < 1.29 is 0 Å². The molecule has 24 heavy (non-hydrogen) atoms. The maximum absolute atomic E-state index is 12.0. The maximum atomic E-state index is 12.0. The average Bonchev–Trinajstić information content (AvgIpc) is 2.92. The Morgan fingerprint density at radius 3 is 2.50 bits per heavy atom. The highest BCUT2D eigenvalue weighted by molar-refractivity contribution is 7.98. The lowest BCUT2D eigenvalue weighted by atomic mass is 10.1. The summed E-state index contributed by atoms with van der Waals surface area (Å²) in [6.07, 6.45) is 1.82. The van der Waals surface area contributed by atoms with E-state index in [1.165, 1.54) is 11.8 Å². The van der Waals surface area contributed by atoms with E-state index < -0.39 is 5.56 Å². The number of nitrogens with zero attached hydrogens (tertiary/aromatic N) is 4. The van der Waals surface area contributed by atoms with E-state index in [4.69, 9.17) is 0 Å². The van der Waals surface area contributed by atoms with Crippen molar-refractivity contribution in [2.45, 2.75) is 19.0 Å². The summed E-state index contributed by atoms with van der Waals surface area (Å²) < 4.78 is 1.85. The van der Waals surface area contributed by atoms with Gasteiger partial charge in [0.1, 0.15) is 11.6 Å². The van der Waals surface area contributed by atoms with Gasteiger partial charge in [0.25, 0.3) is 5.56 Å². The molecule has 0 amide bonds. The van der Waals surface area contributed by atoms with Gasteiger partial charge in [0.05, 0.1) is 17.1 Å². The number of thioether (sulfide) groups is 1. The van der Waals surface area contributed by atoms with Crippen LogP contribution in [0.2, 0.25) is 0 Å². The van der Waals surface area contributed by atoms with Gasteiger partial charge in [-0.1, -0.05) is 23.9 Å². The molecule has 120 valence electrons. The van der Waals surface area contributed by atoms with Crippen molar-refractivity contribution in [3.05, 3.63) is 57.6 Å². The first-order chi connectivity index (χ1) is 11.5. The average molecular weight is 337 g/mol. The van der Waals surface area contributed by atoms with Crippen molar-refractivity contribution >= 4 is 11.8 Å². The lowest BCUT2D eigenvalue weighted by molar-refractivity contribution is 0.833. The molecule has 0 aliphatic heterocycles. The Labute approximate surface area is 143 Å². The number of benzene rings is 1. The molecule has 0 atom stereocenters. The Balaban J connectivity index is 2.09. The van der Waals surface area contributed by atoms with Crippen LogP contribution in [0.3, 0.4) is 0 Å². The molecule has 6 nitrogen and oxygen atoms in total. The number of aryl methyl sites for hydroxylation is 2. The number of hydrogen-bond acceptors (Lipinski definition) is 5. The smallest absolute Gasteiger partial charge is 0.270 e. The molecule has 2 aromatic heterocycles. The normalized spacial score (nSPS) is 10.6. The summed E-state index contributed by atoms with van der Waals surface area (Å²) in [6.45, 7) is 3.94. The SMILES string of the molecule is CSc1nc(-c2ccc(-n3nc(C)cc3C)cc2)c(C#N)c(=O)[nH]1. The first-order valence-corrected chi connectivity index (χ1v) is 8.48. The van der Waals surface area contributed by atoms with Crippen LogP contribution in [-0.4, -0.2) is 26.0 Å². The van der Waals surface area contributed by atoms with Gasteiger partial charge in [-0.05, 0) is 38.3 Å². The fourth-order valence-corrected chi connectivity index (χ4v) is 2.89. The van der Waals surface area contributed by atoms with Crippen molar-refractivity contribution in [3.8, 4) is 23.0 Å². The summed E-state index contributed by atoms with van der Waals surface area (Å²) in [5.74, 6) is 0. The van der Waals surface area contributed by atoms with Gasteiger partial charge in [-0.15, -0.1) is 0 Å². The Kier molecular flexibility index (Phi) is 4.23. The molecular formula is C17H15N5OS. The van der Waals surface area contributed by atoms with Gasteiger partial charge < -0.3 is 4.98 Å². The molecule has 0 saturated carbocycles. The Hall–Kier alpha value is -2.85. The number of aromatic amines is 1. The minimum atomic E-state index is -0.422. The molecule has 1 N–H and O–H groups in total. The Bertz CT molecular complexity index is 995. The second kappa shape index (κ2) is 6.34. The van der Waals surface area contributed by atoms with Crippen molar-refractivity contribution in [1.82, 2.24) is 19.7 Å². The second-order valence-electron chi connectivity index (χ2n) is 5.30. The molecule has 0 aliphatic carbocycles. The van der Waals surface area contributed by atoms with Crippen LogP contribution in [-0.2, 0) is 0 Å². The summed E-state index contributed by atoms with van der Waals surface area (Å²) in [5.41, 5.74) is 3.61. The van der Waals surface area contributed by atoms with E-state index >= 15 is 0 Å². The van der Waals surface area contributed by atoms with Crippen LogP contribution in [0.1, 0.15) is 17.0 Å². The van der Waals surface area contributed by atoms with E-state index in [1.54, 1.807) is 0 Å². The highest BCUT2D eigenvalue weighted by Gasteiger charge is 2.13. The first-order valence-electron chi connectivity index (χ1n) is 7.26. The van der Waals surface area contributed by atoms with Crippen LogP contribution in [0.15, 0.2) is 40.3 Å². The zero-order chi connectivity index (χ0) is 17.3. The molecule has 0 bridgehead atoms. The van der Waals surface area contributed by atoms with E-state index in [0.29, 0.717) is 10.9 Å². The molecule has 3 rings (SSSR count). The summed E-state index contributed by atoms with van der Waals surface area (Å²) in [7, 11) is 0. The number of rotatable bonds is 3. The molecule has 3 aromatic rings. The highest BCUT2D eigenvalue weighted by atomic mass is 32.2. The summed E-state index contributed by atoms with van der Waals surface area (Å²) in [6, 6.07) is 11.4. The van der Waals surface area contributed by atoms with E-state index in [0.717, 1.165) is 22.6 Å². The zero-order valence-electron chi connectivity index (χ0n) is 13.5. The summed E-state index contributed by atoms with van der Waals surface area (Å²) >= 11 is 1.33. The van der Waals surface area contributed by atoms with Crippen LogP contribution in [0.4, 0.5) is 0 Å². The van der Waals surface area contributed by atoms with Gasteiger partial charge in [0.15, 0.2) is 5.16 Å². The Morgan fingerprint density at radius 2 is 1.96 bits per heavy atom. The quantitative estimate of drug-likeness (QED) is 0.586. The number of H-pyrrole nitrogens is 1. The molecule has 0 spiro atoms. The van der Waals surface area contributed by atoms with Gasteiger partial charge in [-0.25, -0.2) is 9.67 Å². The van der Waals surface area contributed by atoms with Crippen LogP contribution in [0.5, 0.6) is 0 Å². The van der Waals surface area contributed by atoms with Gasteiger partial charge in [0, 0.05) is 11.3 Å². The minimum absolute atomic E-state index is 0.0201. The van der Waals surface area contributed by atoms with E-state index in [2.05, 4.69) is 15.1 Å². The minimum Gasteiger partial charge on any atom is -0.300 e. The predicted octanol–water partition coefficient (Wildman–Crippen LogP) is 2.83. The Morgan fingerprint density at radius 1 is 1.25 bits per heavy atom. The van der Waals surface area contributed by atoms with E-state index in [-0.39, 0.29) is 5.56 Å². The second-order valence-corrected chi connectivity index (χ2v) is 6.09. The number of nitrogens with one attached hydrogen (secondary N) is 1.